The van der Waals surface area contributed by atoms with E-state index in [1.165, 1.54) is 0 Å². The van der Waals surface area contributed by atoms with Crippen LogP contribution >= 0.6 is 0 Å². The molecular formula is C24H29N3O5. The van der Waals surface area contributed by atoms with Crippen LogP contribution in [0.4, 0.5) is 0 Å². The number of hydrogen-bond acceptors (Lipinski definition) is 6. The van der Waals surface area contributed by atoms with E-state index >= 15 is 0 Å². The number of benzene rings is 1. The van der Waals surface area contributed by atoms with Crippen molar-refractivity contribution in [3.63, 3.8) is 0 Å². The van der Waals surface area contributed by atoms with Crippen LogP contribution in [0.1, 0.15) is 46.4 Å². The number of ether oxygens (including phenoxy) is 3. The second kappa shape index (κ2) is 9.56. The van der Waals surface area contributed by atoms with Crippen LogP contribution in [0.25, 0.3) is 0 Å². The Morgan fingerprint density at radius 1 is 1.06 bits per heavy atom. The zero-order valence-electron chi connectivity index (χ0n) is 18.5. The fourth-order valence-corrected chi connectivity index (χ4v) is 4.49. The van der Waals surface area contributed by atoms with E-state index in [0.29, 0.717) is 42.3 Å². The van der Waals surface area contributed by atoms with Crippen molar-refractivity contribution in [3.8, 4) is 11.5 Å². The molecule has 0 saturated carbocycles. The van der Waals surface area contributed by atoms with Gasteiger partial charge in [0.15, 0.2) is 11.5 Å². The van der Waals surface area contributed by atoms with Crippen LogP contribution in [0.2, 0.25) is 0 Å². The van der Waals surface area contributed by atoms with Gasteiger partial charge in [0.2, 0.25) is 0 Å². The maximum absolute atomic E-state index is 12.7. The molecule has 1 atom stereocenters. The lowest BCUT2D eigenvalue weighted by Crippen LogP contribution is -2.47. The summed E-state index contributed by atoms with van der Waals surface area (Å²) in [7, 11) is 3.10. The molecule has 0 radical (unpaired) electrons. The second-order valence-electron chi connectivity index (χ2n) is 8.27. The number of pyridine rings is 1. The summed E-state index contributed by atoms with van der Waals surface area (Å²) in [6.07, 6.45) is 6.71. The predicted molar refractivity (Wildman–Crippen MR) is 118 cm³/mol. The van der Waals surface area contributed by atoms with Crippen molar-refractivity contribution < 1.29 is 23.8 Å². The van der Waals surface area contributed by atoms with E-state index in [1.807, 2.05) is 4.90 Å². The van der Waals surface area contributed by atoms with Crippen molar-refractivity contribution in [2.75, 3.05) is 33.9 Å². The van der Waals surface area contributed by atoms with Crippen molar-refractivity contribution >= 4 is 11.8 Å². The smallest absolute Gasteiger partial charge is 0.253 e. The number of carbonyl (C=O) groups is 2. The molecule has 0 aliphatic carbocycles. The number of methoxy groups -OCH3 is 2. The highest BCUT2D eigenvalue weighted by molar-refractivity contribution is 5.95. The number of nitrogens with one attached hydrogen (secondary N) is 1. The number of rotatable bonds is 6. The van der Waals surface area contributed by atoms with Crippen LogP contribution in [-0.4, -0.2) is 67.3 Å². The van der Waals surface area contributed by atoms with Crippen molar-refractivity contribution in [1.82, 2.24) is 15.2 Å². The molecule has 2 fully saturated rings. The Bertz CT molecular complexity index is 957. The molecule has 2 aliphatic rings. The summed E-state index contributed by atoms with van der Waals surface area (Å²) in [5.74, 6) is 0.968. The third-order valence-corrected chi connectivity index (χ3v) is 6.36. The molecule has 1 unspecified atom stereocenters. The maximum Gasteiger partial charge on any atom is 0.253 e. The Hall–Kier alpha value is -3.13. The van der Waals surface area contributed by atoms with Crippen LogP contribution in [-0.2, 0) is 4.74 Å². The van der Waals surface area contributed by atoms with Gasteiger partial charge in [0, 0.05) is 43.2 Å². The molecule has 0 bridgehead atoms. The van der Waals surface area contributed by atoms with Crippen LogP contribution in [0.5, 0.6) is 11.5 Å². The van der Waals surface area contributed by atoms with Crippen LogP contribution in [0.3, 0.4) is 0 Å². The van der Waals surface area contributed by atoms with Gasteiger partial charge in [-0.15, -0.1) is 0 Å². The van der Waals surface area contributed by atoms with E-state index < -0.39 is 0 Å². The highest BCUT2D eigenvalue weighted by atomic mass is 16.5. The van der Waals surface area contributed by atoms with Gasteiger partial charge in [-0.1, -0.05) is 0 Å². The average Bonchev–Trinajstić information content (AvgIpc) is 3.24. The molecule has 170 valence electrons. The standard InChI is InChI=1S/C24H29N3O5/c1-30-20-4-3-18(15-21(20)31-2)22(28)26-16-19-5-8-24(32-19)9-13-27(14-10-24)23(29)17-6-11-25-12-7-17/h3-4,6-7,11-12,15,19H,5,8-10,13-14,16H2,1-2H3,(H,26,28). The quantitative estimate of drug-likeness (QED) is 0.744. The Morgan fingerprint density at radius 2 is 1.78 bits per heavy atom. The van der Waals surface area contributed by atoms with Gasteiger partial charge in [-0.3, -0.25) is 14.6 Å². The number of carbonyl (C=O) groups excluding carboxylic acids is 2. The summed E-state index contributed by atoms with van der Waals surface area (Å²) in [5.41, 5.74) is 0.977. The zero-order chi connectivity index (χ0) is 22.6. The third-order valence-electron chi connectivity index (χ3n) is 6.36. The van der Waals surface area contributed by atoms with Gasteiger partial charge in [0.1, 0.15) is 0 Å². The molecule has 3 heterocycles. The van der Waals surface area contributed by atoms with E-state index in [9.17, 15) is 9.59 Å². The number of amides is 2. The van der Waals surface area contributed by atoms with Gasteiger partial charge in [-0.25, -0.2) is 0 Å². The number of hydrogen-bond donors (Lipinski definition) is 1. The molecule has 8 nitrogen and oxygen atoms in total. The lowest BCUT2D eigenvalue weighted by atomic mass is 9.88. The van der Waals surface area contributed by atoms with E-state index in [4.69, 9.17) is 14.2 Å². The average molecular weight is 440 g/mol. The first-order valence-corrected chi connectivity index (χ1v) is 10.9. The number of likely N-dealkylation sites (tertiary alicyclic amines) is 1. The molecule has 1 aromatic heterocycles. The molecule has 1 spiro atoms. The molecule has 4 rings (SSSR count). The summed E-state index contributed by atoms with van der Waals surface area (Å²) >= 11 is 0. The van der Waals surface area contributed by atoms with E-state index in [-0.39, 0.29) is 23.5 Å². The van der Waals surface area contributed by atoms with Crippen molar-refractivity contribution in [2.45, 2.75) is 37.4 Å². The lowest BCUT2D eigenvalue weighted by molar-refractivity contribution is -0.0712. The van der Waals surface area contributed by atoms with Crippen molar-refractivity contribution in [3.05, 3.63) is 53.9 Å². The molecule has 2 saturated heterocycles. The molecule has 2 amide bonds. The maximum atomic E-state index is 12.7. The van der Waals surface area contributed by atoms with Crippen molar-refractivity contribution in [1.29, 1.82) is 0 Å². The molecule has 32 heavy (non-hydrogen) atoms. The Kier molecular flexibility index (Phi) is 6.60. The summed E-state index contributed by atoms with van der Waals surface area (Å²) in [6, 6.07) is 8.59. The fourth-order valence-electron chi connectivity index (χ4n) is 4.49. The summed E-state index contributed by atoms with van der Waals surface area (Å²) in [6.45, 7) is 1.80. The Morgan fingerprint density at radius 3 is 2.47 bits per heavy atom. The highest BCUT2D eigenvalue weighted by Crippen LogP contribution is 2.39. The minimum atomic E-state index is -0.201. The molecular weight excluding hydrogens is 410 g/mol. The molecule has 1 N–H and O–H groups in total. The van der Waals surface area contributed by atoms with Crippen LogP contribution in [0, 0.1) is 0 Å². The normalized spacial score (nSPS) is 19.6. The first kappa shape index (κ1) is 22.1. The van der Waals surface area contributed by atoms with Gasteiger partial charge in [0.05, 0.1) is 25.9 Å². The van der Waals surface area contributed by atoms with Crippen LogP contribution in [0.15, 0.2) is 42.7 Å². The lowest BCUT2D eigenvalue weighted by Gasteiger charge is -2.39. The Balaban J connectivity index is 1.27. The van der Waals surface area contributed by atoms with Gasteiger partial charge >= 0.3 is 0 Å². The molecule has 8 heteroatoms. The fraction of sp³-hybridized carbons (Fsp3) is 0.458. The van der Waals surface area contributed by atoms with Crippen molar-refractivity contribution in [2.24, 2.45) is 0 Å². The highest BCUT2D eigenvalue weighted by Gasteiger charge is 2.43. The third kappa shape index (κ3) is 4.70. The van der Waals surface area contributed by atoms with Gasteiger partial charge in [-0.2, -0.15) is 0 Å². The minimum Gasteiger partial charge on any atom is -0.493 e. The number of aromatic nitrogens is 1. The van der Waals surface area contributed by atoms with Gasteiger partial charge < -0.3 is 24.4 Å². The van der Waals surface area contributed by atoms with E-state index in [0.717, 1.165) is 25.7 Å². The molecule has 2 aromatic rings. The SMILES string of the molecule is COc1ccc(C(=O)NCC2CCC3(CCN(C(=O)c4ccncc4)CC3)O2)cc1OC. The van der Waals surface area contributed by atoms with E-state index in [2.05, 4.69) is 10.3 Å². The summed E-state index contributed by atoms with van der Waals surface area (Å²) in [4.78, 5) is 31.1. The monoisotopic (exact) mass is 439 g/mol. The predicted octanol–water partition coefficient (Wildman–Crippen LogP) is 2.68. The zero-order valence-corrected chi connectivity index (χ0v) is 18.5. The minimum absolute atomic E-state index is 0.0263. The second-order valence-corrected chi connectivity index (χ2v) is 8.27. The van der Waals surface area contributed by atoms with Crippen LogP contribution < -0.4 is 14.8 Å². The molecule has 2 aliphatic heterocycles. The number of piperidine rings is 1. The summed E-state index contributed by atoms with van der Waals surface area (Å²) < 4.78 is 16.9. The number of nitrogens with zero attached hydrogens (tertiary/aromatic N) is 2. The first-order valence-electron chi connectivity index (χ1n) is 10.9. The molecule has 1 aromatic carbocycles. The Labute approximate surface area is 187 Å². The summed E-state index contributed by atoms with van der Waals surface area (Å²) in [5, 5.41) is 2.97. The topological polar surface area (TPSA) is 90.0 Å². The van der Waals surface area contributed by atoms with E-state index in [1.54, 1.807) is 56.9 Å². The first-order chi connectivity index (χ1) is 15.5. The largest absolute Gasteiger partial charge is 0.493 e. The van der Waals surface area contributed by atoms with Gasteiger partial charge in [-0.05, 0) is 56.0 Å². The van der Waals surface area contributed by atoms with Gasteiger partial charge in [0.25, 0.3) is 11.8 Å².